The van der Waals surface area contributed by atoms with Crippen LogP contribution in [0.2, 0.25) is 0 Å². The number of ether oxygens (including phenoxy) is 1. The Morgan fingerprint density at radius 1 is 1.11 bits per heavy atom. The van der Waals surface area contributed by atoms with Gasteiger partial charge in [0.1, 0.15) is 11.6 Å². The van der Waals surface area contributed by atoms with Gasteiger partial charge in [-0.05, 0) is 36.8 Å². The third-order valence-electron chi connectivity index (χ3n) is 4.62. The van der Waals surface area contributed by atoms with Crippen LogP contribution in [0.1, 0.15) is 18.5 Å². The van der Waals surface area contributed by atoms with Crippen molar-refractivity contribution < 1.29 is 4.74 Å². The van der Waals surface area contributed by atoms with Crippen molar-refractivity contribution >= 4 is 0 Å². The first-order valence-corrected chi connectivity index (χ1v) is 8.56. The zero-order chi connectivity index (χ0) is 18.8. The van der Waals surface area contributed by atoms with Crippen molar-refractivity contribution in [2.24, 2.45) is 0 Å². The molecular weight excluding hydrogens is 342 g/mol. The number of hydrogen-bond donors (Lipinski definition) is 1. The lowest BCUT2D eigenvalue weighted by molar-refractivity contribution is 0.413. The summed E-state index contributed by atoms with van der Waals surface area (Å²) in [6, 6.07) is 11.3. The minimum absolute atomic E-state index is 0.126. The van der Waals surface area contributed by atoms with Crippen molar-refractivity contribution in [2.75, 3.05) is 7.11 Å². The summed E-state index contributed by atoms with van der Waals surface area (Å²) in [5.74, 6) is 1.34. The molecule has 0 bridgehead atoms. The summed E-state index contributed by atoms with van der Waals surface area (Å²) in [7, 11) is 1.63. The average Bonchev–Trinajstić information content (AvgIpc) is 3.38. The van der Waals surface area contributed by atoms with Gasteiger partial charge >= 0.3 is 5.69 Å². The maximum absolute atomic E-state index is 12.9. The van der Waals surface area contributed by atoms with Gasteiger partial charge in [-0.3, -0.25) is 14.2 Å². The molecule has 0 saturated heterocycles. The molecule has 0 amide bonds. The van der Waals surface area contributed by atoms with Crippen LogP contribution in [0.4, 0.5) is 0 Å². The fourth-order valence-corrected chi connectivity index (χ4v) is 3.03. The highest BCUT2D eigenvalue weighted by molar-refractivity contribution is 5.60. The Bertz CT molecular complexity index is 1090. The van der Waals surface area contributed by atoms with Crippen LogP contribution < -0.4 is 10.4 Å². The van der Waals surface area contributed by atoms with Gasteiger partial charge in [0.05, 0.1) is 19.3 Å². The molecule has 7 nitrogen and oxygen atoms in total. The number of benzene rings is 1. The van der Waals surface area contributed by atoms with Gasteiger partial charge in [0.15, 0.2) is 0 Å². The zero-order valence-electron chi connectivity index (χ0n) is 15.0. The van der Waals surface area contributed by atoms with E-state index in [4.69, 9.17) is 4.74 Å². The molecule has 4 rings (SSSR count). The number of methoxy groups -OCH3 is 1. The Kier molecular flexibility index (Phi) is 4.33. The number of aromatic nitrogens is 5. The van der Waals surface area contributed by atoms with Gasteiger partial charge in [-0.2, -0.15) is 5.10 Å². The highest BCUT2D eigenvalue weighted by Gasteiger charge is 2.14. The summed E-state index contributed by atoms with van der Waals surface area (Å²) in [5.41, 5.74) is 2.74. The molecule has 136 valence electrons. The Morgan fingerprint density at radius 3 is 2.70 bits per heavy atom. The molecule has 0 radical (unpaired) electrons. The molecule has 1 N–H and O–H groups in total. The summed E-state index contributed by atoms with van der Waals surface area (Å²) in [6.07, 6.45) is 8.77. The molecule has 1 aromatic carbocycles. The number of H-pyrrole nitrogens is 1. The molecule has 0 saturated carbocycles. The van der Waals surface area contributed by atoms with Crippen LogP contribution in [0.3, 0.4) is 0 Å². The quantitative estimate of drug-likeness (QED) is 0.593. The Hall–Kier alpha value is -3.61. The van der Waals surface area contributed by atoms with E-state index in [2.05, 4.69) is 15.2 Å². The molecule has 4 aromatic rings. The second-order valence-corrected chi connectivity index (χ2v) is 6.20. The molecule has 3 heterocycles. The third-order valence-corrected chi connectivity index (χ3v) is 4.62. The lowest BCUT2D eigenvalue weighted by atomic mass is 10.1. The number of nitrogens with one attached hydrogen (secondary N) is 1. The van der Waals surface area contributed by atoms with Crippen LogP contribution in [0, 0.1) is 0 Å². The predicted molar refractivity (Wildman–Crippen MR) is 102 cm³/mol. The lowest BCUT2D eigenvalue weighted by Gasteiger charge is -2.14. The minimum atomic E-state index is -0.145. The smallest absolute Gasteiger partial charge is 0.334 e. The van der Waals surface area contributed by atoms with E-state index in [1.807, 2.05) is 43.3 Å². The van der Waals surface area contributed by atoms with Crippen molar-refractivity contribution in [2.45, 2.75) is 13.0 Å². The maximum Gasteiger partial charge on any atom is 0.334 e. The molecule has 1 unspecified atom stereocenters. The molecule has 3 aromatic heterocycles. The van der Waals surface area contributed by atoms with Crippen LogP contribution in [0.25, 0.3) is 16.9 Å². The zero-order valence-corrected chi connectivity index (χ0v) is 15.0. The van der Waals surface area contributed by atoms with E-state index >= 15 is 0 Å². The van der Waals surface area contributed by atoms with Crippen molar-refractivity contribution in [1.82, 2.24) is 24.3 Å². The van der Waals surface area contributed by atoms with Gasteiger partial charge in [0.25, 0.3) is 0 Å². The van der Waals surface area contributed by atoms with Crippen molar-refractivity contribution in [1.29, 1.82) is 0 Å². The van der Waals surface area contributed by atoms with Crippen molar-refractivity contribution in [3.8, 4) is 22.7 Å². The maximum atomic E-state index is 12.9. The van der Waals surface area contributed by atoms with E-state index in [-0.39, 0.29) is 11.7 Å². The first-order valence-electron chi connectivity index (χ1n) is 8.56. The topological polar surface area (TPSA) is 77.7 Å². The first kappa shape index (κ1) is 16.8. The molecule has 0 fully saturated rings. The van der Waals surface area contributed by atoms with Crippen LogP contribution in [-0.4, -0.2) is 31.4 Å². The van der Waals surface area contributed by atoms with E-state index in [0.717, 1.165) is 22.4 Å². The normalized spacial score (nSPS) is 12.1. The summed E-state index contributed by atoms with van der Waals surface area (Å²) in [6.45, 7) is 1.98. The highest BCUT2D eigenvalue weighted by atomic mass is 16.5. The van der Waals surface area contributed by atoms with Gasteiger partial charge in [0.2, 0.25) is 0 Å². The minimum Gasteiger partial charge on any atom is -0.497 e. The van der Waals surface area contributed by atoms with Crippen molar-refractivity contribution in [3.63, 3.8) is 0 Å². The SMILES string of the molecule is COc1cccc(C(C)n2ccn(-c3ccc(-c4cn[nH]c4)cn3)c2=O)c1. The molecule has 7 heteroatoms. The first-order chi connectivity index (χ1) is 13.2. The predicted octanol–water partition coefficient (Wildman–Crippen LogP) is 3.04. The fraction of sp³-hybridized carbons (Fsp3) is 0.150. The summed E-state index contributed by atoms with van der Waals surface area (Å²) in [5, 5.41) is 6.71. The van der Waals surface area contributed by atoms with Crippen LogP contribution in [0.5, 0.6) is 5.75 Å². The summed E-state index contributed by atoms with van der Waals surface area (Å²) < 4.78 is 8.50. The molecular formula is C20H19N5O2. The Morgan fingerprint density at radius 2 is 2.00 bits per heavy atom. The number of rotatable bonds is 5. The highest BCUT2D eigenvalue weighted by Crippen LogP contribution is 2.22. The summed E-state index contributed by atoms with van der Waals surface area (Å²) in [4.78, 5) is 17.3. The molecule has 0 aliphatic rings. The largest absolute Gasteiger partial charge is 0.497 e. The average molecular weight is 361 g/mol. The fourth-order valence-electron chi connectivity index (χ4n) is 3.03. The second kappa shape index (κ2) is 6.95. The van der Waals surface area contributed by atoms with Crippen LogP contribution >= 0.6 is 0 Å². The number of pyridine rings is 1. The monoisotopic (exact) mass is 361 g/mol. The number of hydrogen-bond acceptors (Lipinski definition) is 4. The van der Waals surface area contributed by atoms with Crippen LogP contribution in [-0.2, 0) is 0 Å². The molecule has 1 atom stereocenters. The van der Waals surface area contributed by atoms with Gasteiger partial charge in [-0.15, -0.1) is 0 Å². The van der Waals surface area contributed by atoms with E-state index in [1.165, 1.54) is 4.57 Å². The third kappa shape index (κ3) is 3.15. The van der Waals surface area contributed by atoms with E-state index in [9.17, 15) is 4.79 Å². The molecule has 0 aliphatic heterocycles. The number of aromatic amines is 1. The van der Waals surface area contributed by atoms with Gasteiger partial charge < -0.3 is 4.74 Å². The van der Waals surface area contributed by atoms with Gasteiger partial charge in [0, 0.05) is 35.9 Å². The second-order valence-electron chi connectivity index (χ2n) is 6.20. The summed E-state index contributed by atoms with van der Waals surface area (Å²) >= 11 is 0. The Balaban J connectivity index is 1.65. The van der Waals surface area contributed by atoms with Gasteiger partial charge in [-0.25, -0.2) is 9.78 Å². The van der Waals surface area contributed by atoms with Crippen LogP contribution in [0.15, 0.2) is 72.2 Å². The lowest BCUT2D eigenvalue weighted by Crippen LogP contribution is -2.26. The Labute approximate surface area is 155 Å². The van der Waals surface area contributed by atoms with Gasteiger partial charge in [-0.1, -0.05) is 12.1 Å². The van der Waals surface area contributed by atoms with E-state index in [0.29, 0.717) is 5.82 Å². The molecule has 0 spiro atoms. The van der Waals surface area contributed by atoms with Crippen molar-refractivity contribution in [3.05, 3.63) is 83.4 Å². The van der Waals surface area contributed by atoms with E-state index in [1.54, 1.807) is 42.7 Å². The number of imidazole rings is 1. The molecule has 27 heavy (non-hydrogen) atoms. The van der Waals surface area contributed by atoms with E-state index < -0.39 is 0 Å². The molecule has 0 aliphatic carbocycles. The number of nitrogens with zero attached hydrogens (tertiary/aromatic N) is 4. The standard InChI is InChI=1S/C20H19N5O2/c1-14(15-4-3-5-18(10-15)27-2)24-8-9-25(20(24)26)19-7-6-16(11-21-19)17-12-22-23-13-17/h3-14H,1-2H3,(H,22,23).